The summed E-state index contributed by atoms with van der Waals surface area (Å²) in [6, 6.07) is 0. The first-order chi connectivity index (χ1) is 7.81. The molecule has 0 bridgehead atoms. The summed E-state index contributed by atoms with van der Waals surface area (Å²) in [5, 5.41) is 11.0. The maximum atomic E-state index is 12.2. The van der Waals surface area contributed by atoms with Crippen LogP contribution < -0.4 is 0 Å². The van der Waals surface area contributed by atoms with Crippen molar-refractivity contribution in [3.8, 4) is 0 Å². The van der Waals surface area contributed by atoms with Crippen molar-refractivity contribution in [3.63, 3.8) is 0 Å². The summed E-state index contributed by atoms with van der Waals surface area (Å²) >= 11 is 0. The first-order valence-corrected chi connectivity index (χ1v) is 6.75. The van der Waals surface area contributed by atoms with Gasteiger partial charge in [-0.2, -0.15) is 0 Å². The second kappa shape index (κ2) is 3.94. The van der Waals surface area contributed by atoms with Gasteiger partial charge in [-0.15, -0.1) is 0 Å². The largest absolute Gasteiger partial charge is 0.384 e. The number of hydrogen-bond acceptors (Lipinski definition) is 2. The smallest absolute Gasteiger partial charge is 0.142 e. The number of aliphatic hydroxyl groups is 1. The predicted molar refractivity (Wildman–Crippen MR) is 68.6 cm³/mol. The van der Waals surface area contributed by atoms with Crippen LogP contribution in [0, 0.1) is 17.3 Å². The molecule has 2 rings (SSSR count). The van der Waals surface area contributed by atoms with Gasteiger partial charge in [-0.3, -0.25) is 4.79 Å². The van der Waals surface area contributed by atoms with Gasteiger partial charge in [-0.05, 0) is 50.0 Å². The molecular formula is C15H24O2. The topological polar surface area (TPSA) is 37.3 Å². The lowest BCUT2D eigenvalue weighted by molar-refractivity contribution is -0.157. The quantitative estimate of drug-likeness (QED) is 0.710. The number of Topliss-reactive ketones (excluding diaryl/α,β-unsaturated/α-hetero) is 1. The highest BCUT2D eigenvalue weighted by atomic mass is 16.3. The van der Waals surface area contributed by atoms with Crippen molar-refractivity contribution in [1.82, 2.24) is 0 Å². The second-order valence-corrected chi connectivity index (χ2v) is 6.47. The molecule has 2 heteroatoms. The molecule has 2 aliphatic rings. The Morgan fingerprint density at radius 2 is 2.06 bits per heavy atom. The minimum absolute atomic E-state index is 0.231. The van der Waals surface area contributed by atoms with Crippen LogP contribution in [0.1, 0.15) is 52.9 Å². The number of hydrogen-bond donors (Lipinski definition) is 1. The van der Waals surface area contributed by atoms with Crippen molar-refractivity contribution in [3.05, 3.63) is 12.2 Å². The Labute approximate surface area is 104 Å². The lowest BCUT2D eigenvalue weighted by Gasteiger charge is -2.54. The third-order valence-electron chi connectivity index (χ3n) is 5.28. The van der Waals surface area contributed by atoms with E-state index in [0.29, 0.717) is 31.1 Å². The SMILES string of the molecule is C=C1CCC(=O)C2(C)CCC(C(C)C)CC12O. The van der Waals surface area contributed by atoms with Crippen LogP contribution in [0.4, 0.5) is 0 Å². The molecular weight excluding hydrogens is 212 g/mol. The van der Waals surface area contributed by atoms with Gasteiger partial charge in [-0.25, -0.2) is 0 Å². The fourth-order valence-electron chi connectivity index (χ4n) is 3.61. The van der Waals surface area contributed by atoms with Crippen LogP contribution in [-0.4, -0.2) is 16.5 Å². The van der Waals surface area contributed by atoms with Crippen LogP contribution in [0.2, 0.25) is 0 Å². The van der Waals surface area contributed by atoms with E-state index in [1.807, 2.05) is 6.92 Å². The maximum absolute atomic E-state index is 12.2. The highest BCUT2D eigenvalue weighted by molar-refractivity contribution is 5.88. The Kier molecular flexibility index (Phi) is 2.97. The number of fused-ring (bicyclic) bond motifs is 1. The van der Waals surface area contributed by atoms with Crippen LogP contribution in [0.15, 0.2) is 12.2 Å². The summed E-state index contributed by atoms with van der Waals surface area (Å²) in [7, 11) is 0. The van der Waals surface area contributed by atoms with Gasteiger partial charge in [0.05, 0.1) is 11.0 Å². The van der Waals surface area contributed by atoms with Crippen LogP contribution >= 0.6 is 0 Å². The lowest BCUT2D eigenvalue weighted by Crippen LogP contribution is -2.59. The third kappa shape index (κ3) is 1.69. The molecule has 17 heavy (non-hydrogen) atoms. The molecule has 0 aromatic rings. The van der Waals surface area contributed by atoms with E-state index in [1.165, 1.54) is 0 Å². The summed E-state index contributed by atoms with van der Waals surface area (Å²) in [6.45, 7) is 10.4. The summed E-state index contributed by atoms with van der Waals surface area (Å²) < 4.78 is 0. The highest BCUT2D eigenvalue weighted by Gasteiger charge is 2.58. The fraction of sp³-hybridized carbons (Fsp3) is 0.800. The fourth-order valence-corrected chi connectivity index (χ4v) is 3.61. The van der Waals surface area contributed by atoms with Gasteiger partial charge >= 0.3 is 0 Å². The van der Waals surface area contributed by atoms with E-state index in [-0.39, 0.29) is 5.78 Å². The van der Waals surface area contributed by atoms with Gasteiger partial charge < -0.3 is 5.11 Å². The van der Waals surface area contributed by atoms with Crippen LogP contribution in [0.25, 0.3) is 0 Å². The average molecular weight is 236 g/mol. The summed E-state index contributed by atoms with van der Waals surface area (Å²) in [5.41, 5.74) is -0.645. The average Bonchev–Trinajstić information content (AvgIpc) is 2.27. The monoisotopic (exact) mass is 236 g/mol. The molecule has 1 N–H and O–H groups in total. The predicted octanol–water partition coefficient (Wildman–Crippen LogP) is 3.10. The molecule has 3 unspecified atom stereocenters. The molecule has 96 valence electrons. The standard InChI is InChI=1S/C15H24O2/c1-10(2)12-7-8-14(4)13(16)6-5-11(3)15(14,17)9-12/h10,12,17H,3,5-9H2,1-2,4H3. The molecule has 0 saturated heterocycles. The molecule has 0 aliphatic heterocycles. The van der Waals surface area contributed by atoms with Crippen molar-refractivity contribution in [2.24, 2.45) is 17.3 Å². The Balaban J connectivity index is 2.35. The van der Waals surface area contributed by atoms with Crippen molar-refractivity contribution >= 4 is 5.78 Å². The van der Waals surface area contributed by atoms with E-state index >= 15 is 0 Å². The lowest BCUT2D eigenvalue weighted by atomic mass is 9.52. The van der Waals surface area contributed by atoms with Crippen molar-refractivity contribution < 1.29 is 9.90 Å². The van der Waals surface area contributed by atoms with E-state index in [0.717, 1.165) is 18.4 Å². The molecule has 0 aromatic carbocycles. The zero-order valence-corrected chi connectivity index (χ0v) is 11.3. The second-order valence-electron chi connectivity index (χ2n) is 6.47. The van der Waals surface area contributed by atoms with Crippen molar-refractivity contribution in [1.29, 1.82) is 0 Å². The minimum atomic E-state index is -0.949. The summed E-state index contributed by atoms with van der Waals surface area (Å²) in [6.07, 6.45) is 3.80. The number of rotatable bonds is 1. The maximum Gasteiger partial charge on any atom is 0.142 e. The van der Waals surface area contributed by atoms with Crippen molar-refractivity contribution in [2.75, 3.05) is 0 Å². The van der Waals surface area contributed by atoms with Gasteiger partial charge in [0, 0.05) is 6.42 Å². The highest BCUT2D eigenvalue weighted by Crippen LogP contribution is 2.55. The molecule has 0 amide bonds. The Bertz CT molecular complexity index is 358. The first-order valence-electron chi connectivity index (χ1n) is 6.75. The Morgan fingerprint density at radius 3 is 2.65 bits per heavy atom. The van der Waals surface area contributed by atoms with Gasteiger partial charge in [0.2, 0.25) is 0 Å². The minimum Gasteiger partial charge on any atom is -0.384 e. The first kappa shape index (κ1) is 12.8. The Morgan fingerprint density at radius 1 is 1.41 bits per heavy atom. The van der Waals surface area contributed by atoms with Gasteiger partial charge in [0.25, 0.3) is 0 Å². The molecule has 3 atom stereocenters. The van der Waals surface area contributed by atoms with E-state index in [9.17, 15) is 9.90 Å². The van der Waals surface area contributed by atoms with Gasteiger partial charge in [-0.1, -0.05) is 20.4 Å². The van der Waals surface area contributed by atoms with Crippen molar-refractivity contribution in [2.45, 2.75) is 58.5 Å². The molecule has 0 heterocycles. The molecule has 0 radical (unpaired) electrons. The van der Waals surface area contributed by atoms with Crippen LogP contribution in [0.5, 0.6) is 0 Å². The summed E-state index contributed by atoms with van der Waals surface area (Å²) in [4.78, 5) is 12.2. The molecule has 2 fully saturated rings. The van der Waals surface area contributed by atoms with E-state index < -0.39 is 11.0 Å². The molecule has 2 aliphatic carbocycles. The van der Waals surface area contributed by atoms with E-state index in [4.69, 9.17) is 0 Å². The van der Waals surface area contributed by atoms with Crippen LogP contribution in [0.3, 0.4) is 0 Å². The molecule has 2 nitrogen and oxygen atoms in total. The number of carbonyl (C=O) groups excluding carboxylic acids is 1. The Hall–Kier alpha value is -0.630. The number of ketones is 1. The summed E-state index contributed by atoms with van der Waals surface area (Å²) in [5.74, 6) is 1.30. The zero-order chi connectivity index (χ0) is 12.8. The molecule has 2 saturated carbocycles. The van der Waals surface area contributed by atoms with Gasteiger partial charge in [0.15, 0.2) is 0 Å². The molecule has 0 aromatic heterocycles. The van der Waals surface area contributed by atoms with E-state index in [1.54, 1.807) is 0 Å². The van der Waals surface area contributed by atoms with E-state index in [2.05, 4.69) is 20.4 Å². The normalized spacial score (nSPS) is 42.8. The van der Waals surface area contributed by atoms with Gasteiger partial charge in [0.1, 0.15) is 5.78 Å². The zero-order valence-electron chi connectivity index (χ0n) is 11.3. The third-order valence-corrected chi connectivity index (χ3v) is 5.28. The number of carbonyl (C=O) groups is 1. The van der Waals surface area contributed by atoms with Crippen LogP contribution in [-0.2, 0) is 4.79 Å². The molecule has 0 spiro atoms.